The van der Waals surface area contributed by atoms with Gasteiger partial charge in [-0.3, -0.25) is 4.79 Å². The summed E-state index contributed by atoms with van der Waals surface area (Å²) in [4.78, 5) is 13.2. The minimum atomic E-state index is -3.23. The molecule has 1 aromatic heterocycles. The molecule has 0 aliphatic carbocycles. The molecule has 0 bridgehead atoms. The highest BCUT2D eigenvalue weighted by Gasteiger charge is 2.15. The van der Waals surface area contributed by atoms with E-state index in [9.17, 15) is 13.2 Å². The van der Waals surface area contributed by atoms with Crippen LogP contribution in [0.3, 0.4) is 0 Å². The molecule has 34 heavy (non-hydrogen) atoms. The summed E-state index contributed by atoms with van der Waals surface area (Å²) in [7, 11) is -3.23. The van der Waals surface area contributed by atoms with Gasteiger partial charge in [0.1, 0.15) is 5.75 Å². The van der Waals surface area contributed by atoms with Crippen molar-refractivity contribution in [3.63, 3.8) is 0 Å². The van der Waals surface area contributed by atoms with Crippen LogP contribution in [0.1, 0.15) is 43.6 Å². The highest BCUT2D eigenvalue weighted by molar-refractivity contribution is 7.91. The molecule has 0 fully saturated rings. The van der Waals surface area contributed by atoms with Crippen LogP contribution < -0.4 is 10.1 Å². The second-order valence-corrected chi connectivity index (χ2v) is 10.8. The summed E-state index contributed by atoms with van der Waals surface area (Å²) in [5.74, 6) is 0.714. The zero-order valence-electron chi connectivity index (χ0n) is 20.0. The van der Waals surface area contributed by atoms with Crippen molar-refractivity contribution in [2.75, 3.05) is 5.75 Å². The molecule has 0 radical (unpaired) electrons. The van der Waals surface area contributed by atoms with E-state index >= 15 is 0 Å². The first-order valence-corrected chi connectivity index (χ1v) is 13.2. The predicted octanol–water partition coefficient (Wildman–Crippen LogP) is 5.33. The first-order valence-electron chi connectivity index (χ1n) is 11.6. The van der Waals surface area contributed by atoms with Gasteiger partial charge in [-0.05, 0) is 68.8 Å². The van der Waals surface area contributed by atoms with Gasteiger partial charge in [-0.1, -0.05) is 19.1 Å². The van der Waals surface area contributed by atoms with Crippen molar-refractivity contribution in [1.82, 2.24) is 9.88 Å². The molecule has 0 unspecified atom stereocenters. The van der Waals surface area contributed by atoms with Gasteiger partial charge in [0.15, 0.2) is 9.84 Å². The molecule has 0 atom stereocenters. The number of aryl methyl sites for hydroxylation is 1. The Hall–Kier alpha value is -3.32. The van der Waals surface area contributed by atoms with Gasteiger partial charge in [0.05, 0.1) is 22.3 Å². The fourth-order valence-corrected chi connectivity index (χ4v) is 5.06. The van der Waals surface area contributed by atoms with Crippen molar-refractivity contribution in [2.45, 2.75) is 51.8 Å². The topological polar surface area (TPSA) is 77.4 Å². The lowest BCUT2D eigenvalue weighted by Crippen LogP contribution is -2.22. The molecular formula is C27H30N2O4S. The second-order valence-electron chi connectivity index (χ2n) is 8.55. The number of nitrogens with zero attached hydrogens (tertiary/aromatic N) is 1. The Morgan fingerprint density at radius 1 is 0.941 bits per heavy atom. The van der Waals surface area contributed by atoms with E-state index in [1.807, 2.05) is 38.1 Å². The summed E-state index contributed by atoms with van der Waals surface area (Å²) in [6.07, 6.45) is 0.0967. The molecule has 178 valence electrons. The predicted molar refractivity (Wildman–Crippen MR) is 136 cm³/mol. The maximum atomic E-state index is 12.9. The summed E-state index contributed by atoms with van der Waals surface area (Å²) in [5, 5.41) is 5.04. The van der Waals surface area contributed by atoms with Crippen LogP contribution in [0.2, 0.25) is 0 Å². The second kappa shape index (κ2) is 9.50. The Morgan fingerprint density at radius 2 is 1.68 bits per heavy atom. The van der Waals surface area contributed by atoms with Crippen LogP contribution >= 0.6 is 0 Å². The number of benzene rings is 3. The van der Waals surface area contributed by atoms with Crippen molar-refractivity contribution in [1.29, 1.82) is 0 Å². The summed E-state index contributed by atoms with van der Waals surface area (Å²) in [6.45, 7) is 8.86. The summed E-state index contributed by atoms with van der Waals surface area (Å²) in [5.41, 5.74) is 3.57. The third-order valence-electron chi connectivity index (χ3n) is 5.90. The number of aromatic nitrogens is 1. The molecule has 1 N–H and O–H groups in total. The minimum absolute atomic E-state index is 0.0616. The third-order valence-corrected chi connectivity index (χ3v) is 7.65. The Bertz CT molecular complexity index is 1450. The zero-order valence-corrected chi connectivity index (χ0v) is 20.8. The Kier molecular flexibility index (Phi) is 6.66. The summed E-state index contributed by atoms with van der Waals surface area (Å²) in [6, 6.07) is 18.5. The number of hydrogen-bond donors (Lipinski definition) is 1. The van der Waals surface area contributed by atoms with Crippen molar-refractivity contribution in [3.05, 3.63) is 71.8 Å². The van der Waals surface area contributed by atoms with Crippen molar-refractivity contribution >= 4 is 37.6 Å². The first-order chi connectivity index (χ1) is 16.2. The highest BCUT2D eigenvalue weighted by atomic mass is 32.2. The average Bonchev–Trinajstić information content (AvgIpc) is 3.14. The number of ether oxygens (including phenoxy) is 1. The number of carbonyl (C=O) groups excluding carboxylic acids is 1. The van der Waals surface area contributed by atoms with E-state index in [1.54, 1.807) is 31.2 Å². The Morgan fingerprint density at radius 3 is 2.32 bits per heavy atom. The number of fused-ring (bicyclic) bond motifs is 3. The SMILES string of the molecule is CCn1c2ccc(C(=O)NCc3ccc(S(=O)(=O)CC)cc3)cc2c2ccc(OC(C)C)cc21. The van der Waals surface area contributed by atoms with E-state index in [2.05, 4.69) is 28.9 Å². The van der Waals surface area contributed by atoms with Gasteiger partial charge < -0.3 is 14.6 Å². The van der Waals surface area contributed by atoms with E-state index in [0.717, 1.165) is 39.7 Å². The average molecular weight is 479 g/mol. The van der Waals surface area contributed by atoms with Crippen LogP contribution in [0.25, 0.3) is 21.8 Å². The molecule has 4 rings (SSSR count). The number of rotatable bonds is 8. The van der Waals surface area contributed by atoms with Crippen molar-refractivity contribution < 1.29 is 17.9 Å². The van der Waals surface area contributed by atoms with Gasteiger partial charge in [0.2, 0.25) is 0 Å². The number of hydrogen-bond acceptors (Lipinski definition) is 4. The van der Waals surface area contributed by atoms with Crippen LogP contribution in [-0.2, 0) is 22.9 Å². The van der Waals surface area contributed by atoms with Crippen LogP contribution in [0.15, 0.2) is 65.6 Å². The molecular weight excluding hydrogens is 448 g/mol. The lowest BCUT2D eigenvalue weighted by Gasteiger charge is -2.10. The van der Waals surface area contributed by atoms with Gasteiger partial charge in [-0.2, -0.15) is 0 Å². The van der Waals surface area contributed by atoms with Crippen LogP contribution in [-0.4, -0.2) is 30.7 Å². The van der Waals surface area contributed by atoms with E-state index in [1.165, 1.54) is 0 Å². The lowest BCUT2D eigenvalue weighted by molar-refractivity contribution is 0.0951. The highest BCUT2D eigenvalue weighted by Crippen LogP contribution is 2.32. The van der Waals surface area contributed by atoms with Crippen molar-refractivity contribution in [3.8, 4) is 5.75 Å². The largest absolute Gasteiger partial charge is 0.491 e. The number of nitrogens with one attached hydrogen (secondary N) is 1. The number of sulfone groups is 1. The van der Waals surface area contributed by atoms with Gasteiger partial charge >= 0.3 is 0 Å². The fourth-order valence-electron chi connectivity index (χ4n) is 4.17. The zero-order chi connectivity index (χ0) is 24.5. The quantitative estimate of drug-likeness (QED) is 0.372. The smallest absolute Gasteiger partial charge is 0.251 e. The monoisotopic (exact) mass is 478 g/mol. The fraction of sp³-hybridized carbons (Fsp3) is 0.296. The Balaban J connectivity index is 1.58. The van der Waals surface area contributed by atoms with Gasteiger partial charge in [0, 0.05) is 41.0 Å². The summed E-state index contributed by atoms with van der Waals surface area (Å²) >= 11 is 0. The maximum absolute atomic E-state index is 12.9. The standard InChI is InChI=1S/C27H30N2O4S/c1-5-29-25-14-9-20(15-24(25)23-13-10-21(16-26(23)29)33-18(3)4)27(30)28-17-19-7-11-22(12-8-19)34(31,32)6-2/h7-16,18H,5-6,17H2,1-4H3,(H,28,30). The number of amides is 1. The number of carbonyl (C=O) groups is 1. The van der Waals surface area contributed by atoms with Crippen LogP contribution in [0, 0.1) is 0 Å². The van der Waals surface area contributed by atoms with Gasteiger partial charge in [-0.25, -0.2) is 8.42 Å². The third kappa shape index (κ3) is 4.66. The van der Waals surface area contributed by atoms with E-state index < -0.39 is 9.84 Å². The summed E-state index contributed by atoms with van der Waals surface area (Å²) < 4.78 is 32.1. The minimum Gasteiger partial charge on any atom is -0.491 e. The molecule has 4 aromatic rings. The van der Waals surface area contributed by atoms with E-state index in [0.29, 0.717) is 17.0 Å². The molecule has 0 aliphatic heterocycles. The normalized spacial score (nSPS) is 11.9. The molecule has 0 aliphatic rings. The molecule has 0 spiro atoms. The Labute approximate surface area is 200 Å². The molecule has 1 heterocycles. The molecule has 1 amide bonds. The lowest BCUT2D eigenvalue weighted by atomic mass is 10.1. The maximum Gasteiger partial charge on any atom is 0.251 e. The van der Waals surface area contributed by atoms with Crippen molar-refractivity contribution in [2.24, 2.45) is 0 Å². The van der Waals surface area contributed by atoms with Gasteiger partial charge in [0.25, 0.3) is 5.91 Å². The molecule has 0 saturated carbocycles. The van der Waals surface area contributed by atoms with E-state index in [4.69, 9.17) is 4.74 Å². The molecule has 0 saturated heterocycles. The van der Waals surface area contributed by atoms with Crippen LogP contribution in [0.5, 0.6) is 5.75 Å². The molecule has 3 aromatic carbocycles. The van der Waals surface area contributed by atoms with Crippen LogP contribution in [0.4, 0.5) is 0 Å². The molecule has 6 nitrogen and oxygen atoms in total. The molecule has 7 heteroatoms. The first kappa shape index (κ1) is 23.8. The van der Waals surface area contributed by atoms with Gasteiger partial charge in [-0.15, -0.1) is 0 Å². The van der Waals surface area contributed by atoms with E-state index in [-0.39, 0.29) is 17.8 Å².